The van der Waals surface area contributed by atoms with Gasteiger partial charge in [-0.05, 0) is 5.56 Å². The van der Waals surface area contributed by atoms with Crippen molar-refractivity contribution in [3.63, 3.8) is 0 Å². The zero-order chi connectivity index (χ0) is 14.3. The minimum Gasteiger partial charge on any atom is -0.504 e. The number of hydrogen-bond acceptors (Lipinski definition) is 5. The average molecular weight is 272 g/mol. The number of phenolic OH excluding ortho intramolecular Hbond substituents is 3. The van der Waals surface area contributed by atoms with E-state index >= 15 is 0 Å². The molecule has 0 radical (unpaired) electrons. The second-order valence-corrected chi connectivity index (χ2v) is 4.61. The van der Waals surface area contributed by atoms with Crippen molar-refractivity contribution in [2.75, 3.05) is 0 Å². The topological polar surface area (TPSA) is 87.0 Å². The fraction of sp³-hybridized carbons (Fsp3) is 0.133. The molecule has 0 aliphatic carbocycles. The molecule has 2 aromatic rings. The monoisotopic (exact) mass is 272 g/mol. The van der Waals surface area contributed by atoms with Crippen molar-refractivity contribution >= 4 is 5.78 Å². The third-order valence-electron chi connectivity index (χ3n) is 3.29. The first-order valence-corrected chi connectivity index (χ1v) is 6.10. The first-order chi connectivity index (χ1) is 9.58. The maximum atomic E-state index is 12.1. The fourth-order valence-corrected chi connectivity index (χ4v) is 2.31. The fourth-order valence-electron chi connectivity index (χ4n) is 2.31. The Morgan fingerprint density at radius 3 is 2.45 bits per heavy atom. The highest BCUT2D eigenvalue weighted by Crippen LogP contribution is 2.48. The molecule has 0 spiro atoms. The summed E-state index contributed by atoms with van der Waals surface area (Å²) in [6.07, 6.45) is -0.487. The molecule has 0 amide bonds. The smallest absolute Gasteiger partial charge is 0.176 e. The van der Waals surface area contributed by atoms with Crippen LogP contribution in [0.5, 0.6) is 23.0 Å². The largest absolute Gasteiger partial charge is 0.504 e. The van der Waals surface area contributed by atoms with Crippen molar-refractivity contribution in [3.8, 4) is 23.0 Å². The number of carbonyl (C=O) groups is 1. The van der Waals surface area contributed by atoms with Gasteiger partial charge in [0.2, 0.25) is 0 Å². The van der Waals surface area contributed by atoms with Gasteiger partial charge in [-0.25, -0.2) is 0 Å². The van der Waals surface area contributed by atoms with Crippen molar-refractivity contribution < 1.29 is 24.9 Å². The molecule has 1 aliphatic rings. The molecule has 1 atom stereocenters. The van der Waals surface area contributed by atoms with E-state index < -0.39 is 17.6 Å². The molecular weight excluding hydrogens is 260 g/mol. The number of fused-ring (bicyclic) bond motifs is 1. The van der Waals surface area contributed by atoms with Crippen molar-refractivity contribution in [1.82, 2.24) is 0 Å². The maximum Gasteiger partial charge on any atom is 0.176 e. The van der Waals surface area contributed by atoms with Crippen LogP contribution in [0, 0.1) is 0 Å². The van der Waals surface area contributed by atoms with E-state index in [-0.39, 0.29) is 29.3 Å². The van der Waals surface area contributed by atoms with Crippen LogP contribution in [-0.4, -0.2) is 21.1 Å². The van der Waals surface area contributed by atoms with Crippen LogP contribution in [0.2, 0.25) is 0 Å². The first kappa shape index (κ1) is 12.3. The molecule has 20 heavy (non-hydrogen) atoms. The van der Waals surface area contributed by atoms with Crippen molar-refractivity contribution in [1.29, 1.82) is 0 Å². The third-order valence-corrected chi connectivity index (χ3v) is 3.29. The van der Waals surface area contributed by atoms with Gasteiger partial charge in [-0.2, -0.15) is 0 Å². The highest BCUT2D eigenvalue weighted by atomic mass is 16.5. The second-order valence-electron chi connectivity index (χ2n) is 4.61. The van der Waals surface area contributed by atoms with E-state index in [9.17, 15) is 20.1 Å². The van der Waals surface area contributed by atoms with Crippen LogP contribution in [0.3, 0.4) is 0 Å². The minimum atomic E-state index is -0.561. The Morgan fingerprint density at radius 2 is 1.75 bits per heavy atom. The van der Waals surface area contributed by atoms with Gasteiger partial charge in [0.05, 0.1) is 6.42 Å². The van der Waals surface area contributed by atoms with Crippen LogP contribution < -0.4 is 4.74 Å². The molecular formula is C15H12O5. The standard InChI is InChI=1S/C15H12O5/c16-9-7-12(8-4-2-1-3-5-8)20-15-11(18)6-10(17)14(19)13(9)15/h1-6,12,17-19H,7H2/t12-/m1/s1. The van der Waals surface area contributed by atoms with Crippen LogP contribution >= 0.6 is 0 Å². The van der Waals surface area contributed by atoms with Crippen LogP contribution in [0.25, 0.3) is 0 Å². The van der Waals surface area contributed by atoms with Gasteiger partial charge in [0.25, 0.3) is 0 Å². The van der Waals surface area contributed by atoms with Crippen LogP contribution in [0.15, 0.2) is 36.4 Å². The molecule has 3 rings (SSSR count). The Morgan fingerprint density at radius 1 is 1.05 bits per heavy atom. The van der Waals surface area contributed by atoms with Crippen molar-refractivity contribution in [2.45, 2.75) is 12.5 Å². The van der Waals surface area contributed by atoms with E-state index in [2.05, 4.69) is 0 Å². The number of aromatic hydroxyl groups is 3. The van der Waals surface area contributed by atoms with E-state index in [0.29, 0.717) is 0 Å². The number of rotatable bonds is 1. The zero-order valence-corrected chi connectivity index (χ0v) is 10.4. The number of benzene rings is 2. The Labute approximate surface area is 114 Å². The lowest BCUT2D eigenvalue weighted by atomic mass is 9.95. The van der Waals surface area contributed by atoms with Crippen molar-refractivity contribution in [2.24, 2.45) is 0 Å². The van der Waals surface area contributed by atoms with Gasteiger partial charge < -0.3 is 20.1 Å². The molecule has 0 bridgehead atoms. The van der Waals surface area contributed by atoms with Crippen molar-refractivity contribution in [3.05, 3.63) is 47.5 Å². The van der Waals surface area contributed by atoms with Gasteiger partial charge in [0.15, 0.2) is 28.8 Å². The molecule has 102 valence electrons. The summed E-state index contributed by atoms with van der Waals surface area (Å²) < 4.78 is 5.61. The van der Waals surface area contributed by atoms with Gasteiger partial charge in [0.1, 0.15) is 11.7 Å². The molecule has 2 aromatic carbocycles. The molecule has 0 saturated carbocycles. The lowest BCUT2D eigenvalue weighted by molar-refractivity contribution is 0.0836. The average Bonchev–Trinajstić information content (AvgIpc) is 2.45. The van der Waals surface area contributed by atoms with Gasteiger partial charge in [-0.3, -0.25) is 4.79 Å². The number of hydrogen-bond donors (Lipinski definition) is 3. The molecule has 5 heteroatoms. The van der Waals surface area contributed by atoms with E-state index in [1.807, 2.05) is 30.3 Å². The number of phenols is 3. The molecule has 0 saturated heterocycles. The molecule has 5 nitrogen and oxygen atoms in total. The van der Waals surface area contributed by atoms with Gasteiger partial charge in [0, 0.05) is 6.07 Å². The lowest BCUT2D eigenvalue weighted by Crippen LogP contribution is -2.20. The molecule has 0 unspecified atom stereocenters. The summed E-state index contributed by atoms with van der Waals surface area (Å²) >= 11 is 0. The van der Waals surface area contributed by atoms with E-state index in [0.717, 1.165) is 11.6 Å². The van der Waals surface area contributed by atoms with Gasteiger partial charge >= 0.3 is 0 Å². The minimum absolute atomic E-state index is 0.0352. The maximum absolute atomic E-state index is 12.1. The zero-order valence-electron chi connectivity index (χ0n) is 10.4. The summed E-state index contributed by atoms with van der Waals surface area (Å²) in [6, 6.07) is 10.1. The summed E-state index contributed by atoms with van der Waals surface area (Å²) in [4.78, 5) is 12.1. The summed E-state index contributed by atoms with van der Waals surface area (Å²) in [5, 5.41) is 29.0. The Kier molecular flexibility index (Phi) is 2.75. The van der Waals surface area contributed by atoms with Gasteiger partial charge in [-0.1, -0.05) is 30.3 Å². The van der Waals surface area contributed by atoms with E-state index in [1.165, 1.54) is 0 Å². The Bertz CT molecular complexity index is 678. The molecule has 3 N–H and O–H groups in total. The van der Waals surface area contributed by atoms with Crippen LogP contribution in [0.4, 0.5) is 0 Å². The Hall–Kier alpha value is -2.69. The number of ketones is 1. The number of carbonyl (C=O) groups excluding carboxylic acids is 1. The molecule has 0 fully saturated rings. The highest BCUT2D eigenvalue weighted by Gasteiger charge is 2.33. The van der Waals surface area contributed by atoms with E-state index in [1.54, 1.807) is 0 Å². The summed E-state index contributed by atoms with van der Waals surface area (Å²) in [5.74, 6) is -1.95. The summed E-state index contributed by atoms with van der Waals surface area (Å²) in [7, 11) is 0. The van der Waals surface area contributed by atoms with Crippen LogP contribution in [0.1, 0.15) is 28.4 Å². The first-order valence-electron chi connectivity index (χ1n) is 6.10. The Balaban J connectivity index is 2.08. The highest BCUT2D eigenvalue weighted by molar-refractivity contribution is 6.04. The predicted octanol–water partition coefficient (Wildman–Crippen LogP) is 2.51. The summed E-state index contributed by atoms with van der Waals surface area (Å²) in [6.45, 7) is 0. The quantitative estimate of drug-likeness (QED) is 0.548. The number of ether oxygens (including phenoxy) is 1. The SMILES string of the molecule is O=C1C[C@H](c2ccccc2)Oc2c(O)cc(O)c(O)c21. The third kappa shape index (κ3) is 1.84. The van der Waals surface area contributed by atoms with Gasteiger partial charge in [-0.15, -0.1) is 0 Å². The predicted molar refractivity (Wildman–Crippen MR) is 70.2 cm³/mol. The number of Topliss-reactive ketones (excluding diaryl/α,β-unsaturated/α-hetero) is 1. The lowest BCUT2D eigenvalue weighted by Gasteiger charge is -2.26. The molecule has 1 aliphatic heterocycles. The van der Waals surface area contributed by atoms with E-state index in [4.69, 9.17) is 4.74 Å². The normalized spacial score (nSPS) is 17.4. The molecule has 0 aromatic heterocycles. The molecule has 1 heterocycles. The van der Waals surface area contributed by atoms with Crippen LogP contribution in [-0.2, 0) is 0 Å². The second kappa shape index (κ2) is 4.45. The summed E-state index contributed by atoms with van der Waals surface area (Å²) in [5.41, 5.74) is 0.633.